The van der Waals surface area contributed by atoms with Crippen LogP contribution in [0.4, 0.5) is 0 Å². The summed E-state index contributed by atoms with van der Waals surface area (Å²) in [5.74, 6) is -0.939. The second kappa shape index (κ2) is 9.11. The third-order valence-electron chi connectivity index (χ3n) is 2.80. The molecule has 0 saturated carbocycles. The summed E-state index contributed by atoms with van der Waals surface area (Å²) in [6.07, 6.45) is 0.209. The predicted molar refractivity (Wildman–Crippen MR) is 80.6 cm³/mol. The number of carbonyl (C=O) groups is 2. The Morgan fingerprint density at radius 3 is 2.39 bits per heavy atom. The molecule has 23 heavy (non-hydrogen) atoms. The van der Waals surface area contributed by atoms with Crippen molar-refractivity contribution in [1.29, 1.82) is 0 Å². The largest absolute Gasteiger partial charge is 0.493 e. The van der Waals surface area contributed by atoms with E-state index < -0.39 is 22.0 Å². The molecule has 128 valence electrons. The summed E-state index contributed by atoms with van der Waals surface area (Å²) in [4.78, 5) is 21.3. The van der Waals surface area contributed by atoms with Crippen LogP contribution >= 0.6 is 0 Å². The van der Waals surface area contributed by atoms with E-state index in [9.17, 15) is 18.0 Å². The van der Waals surface area contributed by atoms with Crippen LogP contribution in [0.1, 0.15) is 19.3 Å². The first-order valence-electron chi connectivity index (χ1n) is 6.86. The molecule has 1 aromatic rings. The van der Waals surface area contributed by atoms with Crippen LogP contribution in [-0.2, 0) is 24.3 Å². The number of benzene rings is 1. The Bertz CT molecular complexity index is 625. The molecule has 0 saturated heterocycles. The molecule has 0 radical (unpaired) electrons. The minimum Gasteiger partial charge on any atom is -0.493 e. The van der Waals surface area contributed by atoms with Crippen LogP contribution in [-0.4, -0.2) is 45.7 Å². The number of methoxy groups -OCH3 is 1. The second-order valence-corrected chi connectivity index (χ2v) is 6.31. The van der Waals surface area contributed by atoms with Crippen LogP contribution in [0.15, 0.2) is 29.2 Å². The van der Waals surface area contributed by atoms with Gasteiger partial charge >= 0.3 is 11.9 Å². The third kappa shape index (κ3) is 7.11. The van der Waals surface area contributed by atoms with Crippen LogP contribution in [0.3, 0.4) is 0 Å². The number of rotatable bonds is 10. The maximum absolute atomic E-state index is 12.0. The standard InChI is InChI=1S/C14H19NO7S/c1-21-14(18)8-10-22-11-4-6-12(7-5-11)23(19,20)15-9-2-3-13(16)17/h4-7,15H,2-3,8-10H2,1H3,(H,16,17). The topological polar surface area (TPSA) is 119 Å². The first kappa shape index (κ1) is 18.9. The number of aliphatic carboxylic acids is 1. The minimum atomic E-state index is -3.69. The van der Waals surface area contributed by atoms with Crippen molar-refractivity contribution in [2.45, 2.75) is 24.2 Å². The second-order valence-electron chi connectivity index (χ2n) is 4.54. The predicted octanol–water partition coefficient (Wildman–Crippen LogP) is 0.772. The van der Waals surface area contributed by atoms with Gasteiger partial charge in [0.05, 0.1) is 25.0 Å². The van der Waals surface area contributed by atoms with Crippen molar-refractivity contribution in [1.82, 2.24) is 4.72 Å². The molecule has 0 aliphatic carbocycles. The molecule has 0 aliphatic heterocycles. The molecule has 8 nitrogen and oxygen atoms in total. The lowest BCUT2D eigenvalue weighted by atomic mass is 10.3. The van der Waals surface area contributed by atoms with E-state index in [1.54, 1.807) is 0 Å². The van der Waals surface area contributed by atoms with Gasteiger partial charge in [-0.15, -0.1) is 0 Å². The molecule has 1 rings (SSSR count). The maximum Gasteiger partial charge on any atom is 0.308 e. The summed E-state index contributed by atoms with van der Waals surface area (Å²) in [6, 6.07) is 5.69. The van der Waals surface area contributed by atoms with Crippen molar-refractivity contribution in [2.75, 3.05) is 20.3 Å². The van der Waals surface area contributed by atoms with E-state index in [1.807, 2.05) is 0 Å². The normalized spacial score (nSPS) is 11.0. The summed E-state index contributed by atoms with van der Waals surface area (Å²) in [5.41, 5.74) is 0. The highest BCUT2D eigenvalue weighted by Crippen LogP contribution is 2.16. The van der Waals surface area contributed by atoms with Crippen LogP contribution in [0.5, 0.6) is 5.75 Å². The van der Waals surface area contributed by atoms with Gasteiger partial charge in [-0.2, -0.15) is 0 Å². The van der Waals surface area contributed by atoms with Gasteiger partial charge in [-0.25, -0.2) is 13.1 Å². The fraction of sp³-hybridized carbons (Fsp3) is 0.429. The number of nitrogens with one attached hydrogen (secondary N) is 1. The highest BCUT2D eigenvalue weighted by molar-refractivity contribution is 7.89. The zero-order valence-corrected chi connectivity index (χ0v) is 13.5. The van der Waals surface area contributed by atoms with E-state index in [-0.39, 0.29) is 37.3 Å². The number of carboxylic acid groups (broad SMARTS) is 1. The molecule has 0 aliphatic rings. The Hall–Kier alpha value is -2.13. The van der Waals surface area contributed by atoms with Gasteiger partial charge in [-0.05, 0) is 30.7 Å². The van der Waals surface area contributed by atoms with Gasteiger partial charge in [-0.1, -0.05) is 0 Å². The van der Waals surface area contributed by atoms with E-state index in [1.165, 1.54) is 31.4 Å². The van der Waals surface area contributed by atoms with Gasteiger partial charge in [0.15, 0.2) is 0 Å². The van der Waals surface area contributed by atoms with Crippen LogP contribution in [0, 0.1) is 0 Å². The third-order valence-corrected chi connectivity index (χ3v) is 4.27. The van der Waals surface area contributed by atoms with Gasteiger partial charge in [0.2, 0.25) is 10.0 Å². The maximum atomic E-state index is 12.0. The smallest absolute Gasteiger partial charge is 0.308 e. The van der Waals surface area contributed by atoms with Crippen molar-refractivity contribution in [3.8, 4) is 5.75 Å². The van der Waals surface area contributed by atoms with Gasteiger partial charge < -0.3 is 14.6 Å². The molecular weight excluding hydrogens is 326 g/mol. The van der Waals surface area contributed by atoms with Crippen LogP contribution in [0.25, 0.3) is 0 Å². The Kier molecular flexibility index (Phi) is 7.49. The molecule has 0 fully saturated rings. The van der Waals surface area contributed by atoms with Gasteiger partial charge in [-0.3, -0.25) is 9.59 Å². The lowest BCUT2D eigenvalue weighted by Crippen LogP contribution is -2.25. The molecule has 0 unspecified atom stereocenters. The Morgan fingerprint density at radius 2 is 1.83 bits per heavy atom. The number of carboxylic acids is 1. The summed E-state index contributed by atoms with van der Waals surface area (Å²) < 4.78 is 36.0. The first-order chi connectivity index (χ1) is 10.8. The summed E-state index contributed by atoms with van der Waals surface area (Å²) in [6.45, 7) is 0.179. The summed E-state index contributed by atoms with van der Waals surface area (Å²) >= 11 is 0. The fourth-order valence-corrected chi connectivity index (χ4v) is 2.67. The Balaban J connectivity index is 2.50. The minimum absolute atomic E-state index is 0.0476. The SMILES string of the molecule is COC(=O)CCOc1ccc(S(=O)(=O)NCCCC(=O)O)cc1. The number of esters is 1. The van der Waals surface area contributed by atoms with Crippen LogP contribution in [0.2, 0.25) is 0 Å². The van der Waals surface area contributed by atoms with Gasteiger partial charge in [0.1, 0.15) is 5.75 Å². The number of sulfonamides is 1. The average Bonchev–Trinajstić information content (AvgIpc) is 2.52. The van der Waals surface area contributed by atoms with Crippen molar-refractivity contribution in [3.05, 3.63) is 24.3 Å². The van der Waals surface area contributed by atoms with E-state index in [2.05, 4.69) is 9.46 Å². The lowest BCUT2D eigenvalue weighted by Gasteiger charge is -2.08. The van der Waals surface area contributed by atoms with E-state index in [4.69, 9.17) is 9.84 Å². The zero-order valence-electron chi connectivity index (χ0n) is 12.6. The average molecular weight is 345 g/mol. The van der Waals surface area contributed by atoms with E-state index >= 15 is 0 Å². The van der Waals surface area contributed by atoms with Crippen molar-refractivity contribution in [2.24, 2.45) is 0 Å². The Labute approximate surface area is 134 Å². The Morgan fingerprint density at radius 1 is 1.17 bits per heavy atom. The molecule has 0 aromatic heterocycles. The zero-order chi connectivity index (χ0) is 17.3. The number of carbonyl (C=O) groups excluding carboxylic acids is 1. The van der Waals surface area contributed by atoms with E-state index in [0.29, 0.717) is 5.75 Å². The molecule has 0 atom stereocenters. The molecule has 0 heterocycles. The summed E-state index contributed by atoms with van der Waals surface area (Å²) in [5, 5.41) is 8.49. The highest BCUT2D eigenvalue weighted by Gasteiger charge is 2.13. The molecule has 9 heteroatoms. The van der Waals surface area contributed by atoms with Crippen molar-refractivity contribution < 1.29 is 32.6 Å². The fourth-order valence-electron chi connectivity index (χ4n) is 1.60. The monoisotopic (exact) mass is 345 g/mol. The number of hydrogen-bond acceptors (Lipinski definition) is 6. The molecule has 0 amide bonds. The van der Waals surface area contributed by atoms with Crippen molar-refractivity contribution in [3.63, 3.8) is 0 Å². The molecule has 2 N–H and O–H groups in total. The molecular formula is C14H19NO7S. The molecule has 0 spiro atoms. The number of hydrogen-bond donors (Lipinski definition) is 2. The lowest BCUT2D eigenvalue weighted by molar-refractivity contribution is -0.141. The van der Waals surface area contributed by atoms with E-state index in [0.717, 1.165) is 0 Å². The number of ether oxygens (including phenoxy) is 2. The highest BCUT2D eigenvalue weighted by atomic mass is 32.2. The quantitative estimate of drug-likeness (QED) is 0.475. The molecule has 0 bridgehead atoms. The van der Waals surface area contributed by atoms with Gasteiger partial charge in [0, 0.05) is 13.0 Å². The van der Waals surface area contributed by atoms with Crippen LogP contribution < -0.4 is 9.46 Å². The first-order valence-corrected chi connectivity index (χ1v) is 8.34. The summed E-state index contributed by atoms with van der Waals surface area (Å²) in [7, 11) is -2.40. The van der Waals surface area contributed by atoms with Crippen molar-refractivity contribution >= 4 is 22.0 Å². The van der Waals surface area contributed by atoms with Gasteiger partial charge in [0.25, 0.3) is 0 Å². The molecule has 1 aromatic carbocycles.